The van der Waals surface area contributed by atoms with Gasteiger partial charge in [0.2, 0.25) is 11.7 Å². The summed E-state index contributed by atoms with van der Waals surface area (Å²) < 4.78 is 5.26. The molecule has 0 bridgehead atoms. The average molecular weight is 275 g/mol. The van der Waals surface area contributed by atoms with Gasteiger partial charge < -0.3 is 9.63 Å². The van der Waals surface area contributed by atoms with Gasteiger partial charge in [0.25, 0.3) is 0 Å². The summed E-state index contributed by atoms with van der Waals surface area (Å²) in [6.45, 7) is 4.71. The number of benzene rings is 1. The van der Waals surface area contributed by atoms with E-state index in [0.29, 0.717) is 18.3 Å². The van der Waals surface area contributed by atoms with Crippen LogP contribution < -0.4 is 0 Å². The smallest absolute Gasteiger partial charge is 0.241 e. The summed E-state index contributed by atoms with van der Waals surface area (Å²) in [5.74, 6) is 1.16. The van der Waals surface area contributed by atoms with Crippen molar-refractivity contribution in [2.24, 2.45) is 0 Å². The van der Waals surface area contributed by atoms with Gasteiger partial charge in [0, 0.05) is 11.6 Å². The van der Waals surface area contributed by atoms with Gasteiger partial charge in [0.15, 0.2) is 0 Å². The molecule has 5 nitrogen and oxygen atoms in total. The third-order valence-electron chi connectivity index (χ3n) is 3.49. The molecule has 0 aliphatic heterocycles. The van der Waals surface area contributed by atoms with Crippen LogP contribution in [0.5, 0.6) is 0 Å². The normalized spacial score (nSPS) is 12.8. The zero-order chi connectivity index (χ0) is 14.5. The third kappa shape index (κ3) is 3.43. The van der Waals surface area contributed by atoms with Crippen molar-refractivity contribution in [3.63, 3.8) is 0 Å². The molecule has 0 aliphatic carbocycles. The van der Waals surface area contributed by atoms with Crippen molar-refractivity contribution in [1.82, 2.24) is 15.0 Å². The fourth-order valence-corrected chi connectivity index (χ4v) is 1.83. The van der Waals surface area contributed by atoms with Crippen LogP contribution in [-0.4, -0.2) is 39.8 Å². The van der Waals surface area contributed by atoms with Crippen LogP contribution in [0.2, 0.25) is 0 Å². The molecule has 1 aromatic heterocycles. The molecule has 2 aromatic rings. The first-order valence-electron chi connectivity index (χ1n) is 6.87. The van der Waals surface area contributed by atoms with Gasteiger partial charge in [0.05, 0.1) is 13.2 Å². The van der Waals surface area contributed by atoms with E-state index in [1.807, 2.05) is 31.0 Å². The van der Waals surface area contributed by atoms with Crippen molar-refractivity contribution in [2.75, 3.05) is 13.7 Å². The van der Waals surface area contributed by atoms with Crippen LogP contribution >= 0.6 is 0 Å². The Hall–Kier alpha value is -1.72. The Morgan fingerprint density at radius 3 is 2.60 bits per heavy atom. The molecule has 1 aromatic carbocycles. The minimum atomic E-state index is 0.0641. The van der Waals surface area contributed by atoms with E-state index in [9.17, 15) is 0 Å². The predicted octanol–water partition coefficient (Wildman–Crippen LogP) is 2.11. The minimum absolute atomic E-state index is 0.0641. The lowest BCUT2D eigenvalue weighted by Crippen LogP contribution is -2.31. The van der Waals surface area contributed by atoms with Gasteiger partial charge >= 0.3 is 0 Å². The van der Waals surface area contributed by atoms with Gasteiger partial charge in [-0.25, -0.2) is 0 Å². The number of aryl methyl sites for hydroxylation is 1. The van der Waals surface area contributed by atoms with Crippen molar-refractivity contribution >= 4 is 0 Å². The van der Waals surface area contributed by atoms with Crippen LogP contribution in [0.4, 0.5) is 0 Å². The van der Waals surface area contributed by atoms with Gasteiger partial charge in [0.1, 0.15) is 0 Å². The number of hydrogen-bond donors (Lipinski definition) is 1. The summed E-state index contributed by atoms with van der Waals surface area (Å²) >= 11 is 0. The Morgan fingerprint density at radius 2 is 2.00 bits per heavy atom. The number of aromatic nitrogens is 2. The molecule has 5 heteroatoms. The van der Waals surface area contributed by atoms with Crippen molar-refractivity contribution in [2.45, 2.75) is 32.9 Å². The first kappa shape index (κ1) is 14.7. The Kier molecular flexibility index (Phi) is 4.87. The SMILES string of the molecule is CCc1ccc(-c2noc(CN(C)C(C)CO)n2)cc1. The fourth-order valence-electron chi connectivity index (χ4n) is 1.83. The standard InChI is InChI=1S/C15H21N3O2/c1-4-12-5-7-13(8-6-12)15-16-14(20-17-15)9-18(3)11(2)10-19/h5-8,11,19H,4,9-10H2,1-3H3. The van der Waals surface area contributed by atoms with Crippen LogP contribution in [0, 0.1) is 0 Å². The number of aliphatic hydroxyl groups is 1. The molecule has 1 unspecified atom stereocenters. The second kappa shape index (κ2) is 6.63. The van der Waals surface area contributed by atoms with Crippen molar-refractivity contribution in [3.8, 4) is 11.4 Å². The first-order chi connectivity index (χ1) is 9.63. The maximum Gasteiger partial charge on any atom is 0.241 e. The Labute approximate surface area is 119 Å². The van der Waals surface area contributed by atoms with E-state index >= 15 is 0 Å². The minimum Gasteiger partial charge on any atom is -0.395 e. The van der Waals surface area contributed by atoms with E-state index in [1.165, 1.54) is 5.56 Å². The molecule has 0 aliphatic rings. The third-order valence-corrected chi connectivity index (χ3v) is 3.49. The van der Waals surface area contributed by atoms with Crippen LogP contribution in [0.1, 0.15) is 25.3 Å². The number of hydrogen-bond acceptors (Lipinski definition) is 5. The molecular formula is C15H21N3O2. The first-order valence-corrected chi connectivity index (χ1v) is 6.87. The monoisotopic (exact) mass is 275 g/mol. The number of aliphatic hydroxyl groups excluding tert-OH is 1. The highest BCUT2D eigenvalue weighted by Crippen LogP contribution is 2.17. The molecule has 0 amide bonds. The summed E-state index contributed by atoms with van der Waals surface area (Å²) in [5, 5.41) is 13.1. The zero-order valence-corrected chi connectivity index (χ0v) is 12.2. The quantitative estimate of drug-likeness (QED) is 0.875. The van der Waals surface area contributed by atoms with Crippen LogP contribution in [-0.2, 0) is 13.0 Å². The maximum absolute atomic E-state index is 9.11. The fraction of sp³-hybridized carbons (Fsp3) is 0.467. The summed E-state index contributed by atoms with van der Waals surface area (Å²) in [5.41, 5.74) is 2.24. The predicted molar refractivity (Wildman–Crippen MR) is 77.1 cm³/mol. The summed E-state index contributed by atoms with van der Waals surface area (Å²) in [4.78, 5) is 6.36. The lowest BCUT2D eigenvalue weighted by Gasteiger charge is -2.20. The van der Waals surface area contributed by atoms with E-state index in [-0.39, 0.29) is 12.6 Å². The maximum atomic E-state index is 9.11. The van der Waals surface area contributed by atoms with Crippen molar-refractivity contribution in [1.29, 1.82) is 0 Å². The molecule has 0 spiro atoms. The number of likely N-dealkylation sites (N-methyl/N-ethyl adjacent to an activating group) is 1. The highest BCUT2D eigenvalue weighted by Gasteiger charge is 2.14. The number of rotatable bonds is 6. The molecule has 0 saturated carbocycles. The Bertz CT molecular complexity index is 536. The molecular weight excluding hydrogens is 254 g/mol. The molecule has 2 rings (SSSR count). The Morgan fingerprint density at radius 1 is 1.30 bits per heavy atom. The highest BCUT2D eigenvalue weighted by molar-refractivity contribution is 5.54. The van der Waals surface area contributed by atoms with E-state index in [0.717, 1.165) is 12.0 Å². The van der Waals surface area contributed by atoms with Crippen LogP contribution in [0.15, 0.2) is 28.8 Å². The van der Waals surface area contributed by atoms with E-state index < -0.39 is 0 Å². The molecule has 108 valence electrons. The van der Waals surface area contributed by atoms with Crippen molar-refractivity contribution in [3.05, 3.63) is 35.7 Å². The number of nitrogens with zero attached hydrogens (tertiary/aromatic N) is 3. The molecule has 0 saturated heterocycles. The van der Waals surface area contributed by atoms with Gasteiger partial charge in [-0.05, 0) is 26.0 Å². The van der Waals surface area contributed by atoms with Gasteiger partial charge in [-0.15, -0.1) is 0 Å². The van der Waals surface area contributed by atoms with Crippen molar-refractivity contribution < 1.29 is 9.63 Å². The lowest BCUT2D eigenvalue weighted by atomic mass is 10.1. The van der Waals surface area contributed by atoms with E-state index in [2.05, 4.69) is 29.2 Å². The largest absolute Gasteiger partial charge is 0.395 e. The zero-order valence-electron chi connectivity index (χ0n) is 12.2. The lowest BCUT2D eigenvalue weighted by molar-refractivity contribution is 0.142. The highest BCUT2D eigenvalue weighted by atomic mass is 16.5. The van der Waals surface area contributed by atoms with E-state index in [1.54, 1.807) is 0 Å². The van der Waals surface area contributed by atoms with Gasteiger partial charge in [-0.3, -0.25) is 4.90 Å². The van der Waals surface area contributed by atoms with Gasteiger partial charge in [-0.2, -0.15) is 4.98 Å². The Balaban J connectivity index is 2.08. The molecule has 20 heavy (non-hydrogen) atoms. The van der Waals surface area contributed by atoms with Crippen LogP contribution in [0.25, 0.3) is 11.4 Å². The summed E-state index contributed by atoms with van der Waals surface area (Å²) in [6, 6.07) is 8.23. The molecule has 1 atom stereocenters. The summed E-state index contributed by atoms with van der Waals surface area (Å²) in [7, 11) is 1.92. The molecule has 0 radical (unpaired) electrons. The van der Waals surface area contributed by atoms with Crippen LogP contribution in [0.3, 0.4) is 0 Å². The second-order valence-electron chi connectivity index (χ2n) is 5.01. The van der Waals surface area contributed by atoms with E-state index in [4.69, 9.17) is 9.63 Å². The molecule has 1 heterocycles. The molecule has 0 fully saturated rings. The molecule has 1 N–H and O–H groups in total. The topological polar surface area (TPSA) is 62.4 Å². The summed E-state index contributed by atoms with van der Waals surface area (Å²) in [6.07, 6.45) is 1.02. The second-order valence-corrected chi connectivity index (χ2v) is 5.01. The average Bonchev–Trinajstić information content (AvgIpc) is 2.94. The van der Waals surface area contributed by atoms with Gasteiger partial charge in [-0.1, -0.05) is 36.3 Å².